The number of aryl methyl sites for hydroxylation is 1. The van der Waals surface area contributed by atoms with E-state index in [4.69, 9.17) is 11.6 Å². The third-order valence-electron chi connectivity index (χ3n) is 2.57. The van der Waals surface area contributed by atoms with Crippen molar-refractivity contribution in [3.63, 3.8) is 0 Å². The van der Waals surface area contributed by atoms with Crippen LogP contribution in [0.5, 0.6) is 5.75 Å². The lowest BCUT2D eigenvalue weighted by atomic mass is 10.2. The van der Waals surface area contributed by atoms with E-state index in [1.807, 2.05) is 24.3 Å². The molecule has 0 saturated heterocycles. The van der Waals surface area contributed by atoms with E-state index in [2.05, 4.69) is 0 Å². The highest BCUT2D eigenvalue weighted by molar-refractivity contribution is 6.30. The first-order valence-electron chi connectivity index (χ1n) is 5.39. The zero-order valence-corrected chi connectivity index (χ0v) is 10.6. The van der Waals surface area contributed by atoms with Crippen LogP contribution in [0.4, 0.5) is 0 Å². The number of aromatic nitrogens is 1. The Bertz CT molecular complexity index is 642. The molecule has 0 aliphatic rings. The minimum atomic E-state index is -0.385. The summed E-state index contributed by atoms with van der Waals surface area (Å²) in [6, 6.07) is 8.77. The molecule has 0 saturated carbocycles. The van der Waals surface area contributed by atoms with Gasteiger partial charge in [-0.3, -0.25) is 4.79 Å². The molecule has 2 rings (SSSR count). The van der Waals surface area contributed by atoms with Crippen LogP contribution in [0.15, 0.2) is 41.3 Å². The molecular weight excluding hydrogens is 250 g/mol. The molecule has 0 radical (unpaired) electrons. The molecule has 1 aromatic heterocycles. The van der Waals surface area contributed by atoms with Crippen LogP contribution in [-0.4, -0.2) is 9.67 Å². The van der Waals surface area contributed by atoms with Gasteiger partial charge < -0.3 is 9.67 Å². The number of rotatable bonds is 2. The average Bonchev–Trinajstić information content (AvgIpc) is 2.34. The number of aromatic hydroxyl groups is 1. The van der Waals surface area contributed by atoms with E-state index in [0.29, 0.717) is 10.7 Å². The Morgan fingerprint density at radius 1 is 1.22 bits per heavy atom. The van der Waals surface area contributed by atoms with E-state index < -0.39 is 0 Å². The van der Waals surface area contributed by atoms with Gasteiger partial charge in [0, 0.05) is 30.0 Å². The predicted molar refractivity (Wildman–Crippen MR) is 73.7 cm³/mol. The number of halogens is 1. The van der Waals surface area contributed by atoms with E-state index in [0.717, 1.165) is 5.56 Å². The molecule has 0 atom stereocenters. The molecule has 4 heteroatoms. The second-order valence-electron chi connectivity index (χ2n) is 3.94. The van der Waals surface area contributed by atoms with Crippen molar-refractivity contribution >= 4 is 23.8 Å². The molecule has 0 amide bonds. The highest BCUT2D eigenvalue weighted by Gasteiger charge is 1.99. The quantitative estimate of drug-likeness (QED) is 0.903. The van der Waals surface area contributed by atoms with Gasteiger partial charge >= 0.3 is 0 Å². The lowest BCUT2D eigenvalue weighted by Gasteiger charge is -2.04. The summed E-state index contributed by atoms with van der Waals surface area (Å²) in [6.07, 6.45) is 5.08. The fourth-order valence-corrected chi connectivity index (χ4v) is 1.68. The molecule has 0 aliphatic heterocycles. The smallest absolute Gasteiger partial charge is 0.223 e. The summed E-state index contributed by atoms with van der Waals surface area (Å²) >= 11 is 5.79. The van der Waals surface area contributed by atoms with Gasteiger partial charge in [-0.25, -0.2) is 0 Å². The lowest BCUT2D eigenvalue weighted by Crippen LogP contribution is -2.06. The summed E-state index contributed by atoms with van der Waals surface area (Å²) in [6.45, 7) is 0. The van der Waals surface area contributed by atoms with Crippen LogP contribution < -0.4 is 5.43 Å². The van der Waals surface area contributed by atoms with Crippen molar-refractivity contribution in [3.8, 4) is 5.75 Å². The zero-order chi connectivity index (χ0) is 13.1. The molecule has 1 aromatic carbocycles. The van der Waals surface area contributed by atoms with E-state index in [9.17, 15) is 9.90 Å². The Morgan fingerprint density at radius 2 is 1.89 bits per heavy atom. The molecule has 0 fully saturated rings. The molecule has 0 aliphatic carbocycles. The van der Waals surface area contributed by atoms with Gasteiger partial charge in [-0.15, -0.1) is 0 Å². The first kappa shape index (κ1) is 12.5. The molecular formula is C14H12ClNO2. The van der Waals surface area contributed by atoms with Gasteiger partial charge in [-0.2, -0.15) is 0 Å². The summed E-state index contributed by atoms with van der Waals surface area (Å²) in [5, 5.41) is 9.95. The lowest BCUT2D eigenvalue weighted by molar-refractivity contribution is 0.463. The number of hydrogen-bond acceptors (Lipinski definition) is 2. The maximum Gasteiger partial charge on any atom is 0.223 e. The van der Waals surface area contributed by atoms with Crippen LogP contribution in [-0.2, 0) is 7.05 Å². The second kappa shape index (κ2) is 5.10. The molecule has 1 N–H and O–H groups in total. The van der Waals surface area contributed by atoms with Crippen molar-refractivity contribution in [3.05, 3.63) is 63.0 Å². The van der Waals surface area contributed by atoms with E-state index in [1.54, 1.807) is 23.7 Å². The maximum atomic E-state index is 11.3. The number of nitrogens with zero attached hydrogens (tertiary/aromatic N) is 1. The van der Waals surface area contributed by atoms with E-state index in [1.165, 1.54) is 12.3 Å². The van der Waals surface area contributed by atoms with Crippen LogP contribution in [0.2, 0.25) is 5.02 Å². The minimum Gasteiger partial charge on any atom is -0.503 e. The van der Waals surface area contributed by atoms with Gasteiger partial charge in [0.15, 0.2) is 5.75 Å². The fourth-order valence-electron chi connectivity index (χ4n) is 1.55. The molecule has 18 heavy (non-hydrogen) atoms. The van der Waals surface area contributed by atoms with Gasteiger partial charge in [0.25, 0.3) is 0 Å². The van der Waals surface area contributed by atoms with E-state index >= 15 is 0 Å². The second-order valence-corrected chi connectivity index (χ2v) is 4.38. The summed E-state index contributed by atoms with van der Waals surface area (Å²) in [5.41, 5.74) is 1.32. The Morgan fingerprint density at radius 3 is 2.56 bits per heavy atom. The van der Waals surface area contributed by atoms with Crippen molar-refractivity contribution < 1.29 is 5.11 Å². The topological polar surface area (TPSA) is 42.2 Å². The van der Waals surface area contributed by atoms with E-state index in [-0.39, 0.29) is 11.2 Å². The van der Waals surface area contributed by atoms with Crippen LogP contribution >= 0.6 is 11.6 Å². The largest absolute Gasteiger partial charge is 0.503 e. The van der Waals surface area contributed by atoms with Crippen molar-refractivity contribution in [1.29, 1.82) is 0 Å². The maximum absolute atomic E-state index is 11.3. The van der Waals surface area contributed by atoms with Crippen LogP contribution in [0.25, 0.3) is 12.2 Å². The van der Waals surface area contributed by atoms with Gasteiger partial charge in [0.2, 0.25) is 5.43 Å². The summed E-state index contributed by atoms with van der Waals surface area (Å²) in [4.78, 5) is 11.3. The molecule has 92 valence electrons. The number of pyridine rings is 1. The molecule has 0 unspecified atom stereocenters. The molecule has 2 aromatic rings. The summed E-state index contributed by atoms with van der Waals surface area (Å²) < 4.78 is 1.68. The van der Waals surface area contributed by atoms with Gasteiger partial charge in [0.05, 0.1) is 0 Å². The SMILES string of the molecule is Cn1cc(O)c(=O)cc1/C=C/c1ccc(Cl)cc1. The molecule has 0 bridgehead atoms. The third-order valence-corrected chi connectivity index (χ3v) is 2.82. The van der Waals surface area contributed by atoms with Gasteiger partial charge in [-0.1, -0.05) is 29.8 Å². The fraction of sp³-hybridized carbons (Fsp3) is 0.0714. The van der Waals surface area contributed by atoms with Crippen LogP contribution in [0.3, 0.4) is 0 Å². The standard InChI is InChI=1S/C14H12ClNO2/c1-16-9-14(18)13(17)8-12(16)7-4-10-2-5-11(15)6-3-10/h2-9,18H,1H3/b7-4+. The van der Waals surface area contributed by atoms with Crippen molar-refractivity contribution in [2.75, 3.05) is 0 Å². The third kappa shape index (κ3) is 2.81. The number of hydrogen-bond donors (Lipinski definition) is 1. The molecule has 3 nitrogen and oxygen atoms in total. The monoisotopic (exact) mass is 261 g/mol. The normalized spacial score (nSPS) is 11.0. The minimum absolute atomic E-state index is 0.249. The highest BCUT2D eigenvalue weighted by Crippen LogP contribution is 2.12. The summed E-state index contributed by atoms with van der Waals surface area (Å²) in [5.74, 6) is -0.249. The van der Waals surface area contributed by atoms with Crippen molar-refractivity contribution in [2.24, 2.45) is 7.05 Å². The van der Waals surface area contributed by atoms with Crippen LogP contribution in [0, 0.1) is 0 Å². The zero-order valence-electron chi connectivity index (χ0n) is 9.80. The number of benzene rings is 1. The van der Waals surface area contributed by atoms with Crippen molar-refractivity contribution in [1.82, 2.24) is 4.57 Å². The van der Waals surface area contributed by atoms with Crippen molar-refractivity contribution in [2.45, 2.75) is 0 Å². The highest BCUT2D eigenvalue weighted by atomic mass is 35.5. The Kier molecular flexibility index (Phi) is 3.53. The average molecular weight is 262 g/mol. The van der Waals surface area contributed by atoms with Crippen LogP contribution in [0.1, 0.15) is 11.3 Å². The molecule has 0 spiro atoms. The van der Waals surface area contributed by atoms with Gasteiger partial charge in [-0.05, 0) is 23.8 Å². The van der Waals surface area contributed by atoms with Gasteiger partial charge in [0.1, 0.15) is 0 Å². The first-order valence-corrected chi connectivity index (χ1v) is 5.77. The first-order chi connectivity index (χ1) is 8.56. The Balaban J connectivity index is 2.31. The predicted octanol–water partition coefficient (Wildman–Crippen LogP) is 2.91. The Hall–Kier alpha value is -2.00. The molecule has 1 heterocycles. The summed E-state index contributed by atoms with van der Waals surface area (Å²) in [7, 11) is 1.76. The Labute approximate surface area is 110 Å².